The molecule has 0 aliphatic carbocycles. The van der Waals surface area contributed by atoms with Gasteiger partial charge in [-0.3, -0.25) is 4.90 Å². The van der Waals surface area contributed by atoms with Gasteiger partial charge in [-0.1, -0.05) is 32.9 Å². The minimum atomic E-state index is -0.149. The van der Waals surface area contributed by atoms with Crippen LogP contribution >= 0.6 is 0 Å². The molecule has 2 atom stereocenters. The predicted octanol–water partition coefficient (Wildman–Crippen LogP) is 2.19. The number of nitrogens with zero attached hydrogens (tertiary/aromatic N) is 1. The third kappa shape index (κ3) is 1.85. The van der Waals surface area contributed by atoms with Gasteiger partial charge >= 0.3 is 0 Å². The maximum Gasteiger partial charge on any atom is 0.0688 e. The van der Waals surface area contributed by atoms with Crippen molar-refractivity contribution in [1.29, 1.82) is 0 Å². The van der Waals surface area contributed by atoms with Gasteiger partial charge in [0.25, 0.3) is 0 Å². The van der Waals surface area contributed by atoms with Crippen molar-refractivity contribution in [3.05, 3.63) is 12.2 Å². The molecule has 15 heavy (non-hydrogen) atoms. The molecule has 2 saturated heterocycles. The summed E-state index contributed by atoms with van der Waals surface area (Å²) in [6, 6.07) is 0. The molecule has 0 amide bonds. The van der Waals surface area contributed by atoms with Crippen LogP contribution in [0.4, 0.5) is 0 Å². The summed E-state index contributed by atoms with van der Waals surface area (Å²) in [7, 11) is 0. The molecule has 0 aromatic carbocycles. The Morgan fingerprint density at radius 2 is 2.20 bits per heavy atom. The summed E-state index contributed by atoms with van der Waals surface area (Å²) >= 11 is 0. The molecule has 2 nitrogen and oxygen atoms in total. The van der Waals surface area contributed by atoms with Crippen molar-refractivity contribution >= 4 is 0 Å². The van der Waals surface area contributed by atoms with Gasteiger partial charge in [0.15, 0.2) is 0 Å². The molecule has 2 aliphatic rings. The Bertz CT molecular complexity index is 279. The average Bonchev–Trinajstić information content (AvgIpc) is 2.47. The minimum Gasteiger partial charge on any atom is -0.392 e. The van der Waals surface area contributed by atoms with E-state index >= 15 is 0 Å². The van der Waals surface area contributed by atoms with Gasteiger partial charge in [-0.15, -0.1) is 0 Å². The van der Waals surface area contributed by atoms with Crippen molar-refractivity contribution in [1.82, 2.24) is 4.90 Å². The molecular weight excluding hydrogens is 186 g/mol. The Balaban J connectivity index is 2.25. The summed E-state index contributed by atoms with van der Waals surface area (Å²) in [5.74, 6) is 0. The monoisotopic (exact) mass is 209 g/mol. The quantitative estimate of drug-likeness (QED) is 0.669. The molecule has 2 fully saturated rings. The molecule has 86 valence electrons. The molecule has 0 aromatic heterocycles. The topological polar surface area (TPSA) is 23.5 Å². The van der Waals surface area contributed by atoms with E-state index < -0.39 is 0 Å². The normalized spacial score (nSPS) is 37.3. The van der Waals surface area contributed by atoms with Crippen molar-refractivity contribution in [2.24, 2.45) is 5.41 Å². The van der Waals surface area contributed by atoms with Crippen molar-refractivity contribution in [2.75, 3.05) is 13.1 Å². The van der Waals surface area contributed by atoms with Crippen molar-refractivity contribution in [3.63, 3.8) is 0 Å². The highest BCUT2D eigenvalue weighted by molar-refractivity contribution is 5.27. The fraction of sp³-hybridized carbons (Fsp3) is 0.846. The summed E-state index contributed by atoms with van der Waals surface area (Å²) < 4.78 is 0. The first-order valence-electron chi connectivity index (χ1n) is 5.95. The van der Waals surface area contributed by atoms with E-state index in [0.717, 1.165) is 32.4 Å². The second-order valence-electron chi connectivity index (χ2n) is 6.43. The van der Waals surface area contributed by atoms with E-state index in [1.54, 1.807) is 0 Å². The Labute approximate surface area is 93.0 Å². The van der Waals surface area contributed by atoms with E-state index in [9.17, 15) is 5.11 Å². The molecule has 1 N–H and O–H groups in total. The number of aliphatic hydroxyl groups is 1. The molecule has 2 heterocycles. The van der Waals surface area contributed by atoms with Crippen molar-refractivity contribution in [3.8, 4) is 0 Å². The molecule has 0 aromatic rings. The summed E-state index contributed by atoms with van der Waals surface area (Å²) in [6.45, 7) is 13.0. The Kier molecular flexibility index (Phi) is 2.47. The molecule has 0 radical (unpaired) electrons. The lowest BCUT2D eigenvalue weighted by Gasteiger charge is -2.38. The van der Waals surface area contributed by atoms with Crippen LogP contribution in [-0.2, 0) is 0 Å². The Morgan fingerprint density at radius 1 is 1.53 bits per heavy atom. The van der Waals surface area contributed by atoms with Gasteiger partial charge in [0, 0.05) is 18.6 Å². The summed E-state index contributed by atoms with van der Waals surface area (Å²) in [5, 5.41) is 9.83. The fourth-order valence-corrected chi connectivity index (χ4v) is 3.37. The molecular formula is C13H23NO. The smallest absolute Gasteiger partial charge is 0.0688 e. The number of hydrogen-bond donors (Lipinski definition) is 1. The number of aliphatic hydroxyl groups excluding tert-OH is 1. The third-order valence-electron chi connectivity index (χ3n) is 3.77. The summed E-state index contributed by atoms with van der Waals surface area (Å²) in [6.07, 6.45) is 2.98. The van der Waals surface area contributed by atoms with Crippen LogP contribution < -0.4 is 0 Å². The average molecular weight is 209 g/mol. The van der Waals surface area contributed by atoms with Gasteiger partial charge in [0.1, 0.15) is 0 Å². The van der Waals surface area contributed by atoms with Gasteiger partial charge < -0.3 is 5.11 Å². The molecule has 0 spiro atoms. The van der Waals surface area contributed by atoms with Gasteiger partial charge in [-0.05, 0) is 24.7 Å². The standard InChI is InChI=1S/C13H23NO/c1-10-5-6-14-8-11(15)7-13(10,14)9-12(2,3)4/h11,15H,1,5-9H2,2-4H3/t11-,13+/m0/s1. The van der Waals surface area contributed by atoms with Crippen LogP contribution in [0.3, 0.4) is 0 Å². The van der Waals surface area contributed by atoms with Gasteiger partial charge in [0.2, 0.25) is 0 Å². The first kappa shape index (κ1) is 11.2. The van der Waals surface area contributed by atoms with Crippen molar-refractivity contribution < 1.29 is 5.11 Å². The molecule has 2 rings (SSSR count). The Hall–Kier alpha value is -0.340. The van der Waals surface area contributed by atoms with Crippen LogP contribution in [0.1, 0.15) is 40.0 Å². The third-order valence-corrected chi connectivity index (χ3v) is 3.77. The molecule has 0 saturated carbocycles. The van der Waals surface area contributed by atoms with Crippen molar-refractivity contribution in [2.45, 2.75) is 51.7 Å². The van der Waals surface area contributed by atoms with E-state index in [1.807, 2.05) is 0 Å². The maximum atomic E-state index is 9.83. The van der Waals surface area contributed by atoms with Crippen LogP contribution in [0.2, 0.25) is 0 Å². The summed E-state index contributed by atoms with van der Waals surface area (Å²) in [5.41, 5.74) is 1.75. The number of rotatable bonds is 1. The SMILES string of the molecule is C=C1CCN2C[C@@H](O)C[C@@]12CC(C)(C)C. The van der Waals surface area contributed by atoms with Crippen LogP contribution in [0.5, 0.6) is 0 Å². The molecule has 0 unspecified atom stereocenters. The number of β-amino-alcohol motifs (C(OH)–C–C–N with tert-alkyl or cyclic N) is 1. The highest BCUT2D eigenvalue weighted by atomic mass is 16.3. The highest BCUT2D eigenvalue weighted by Crippen LogP contribution is 2.48. The lowest BCUT2D eigenvalue weighted by Crippen LogP contribution is -2.42. The zero-order chi connectivity index (χ0) is 11.3. The Morgan fingerprint density at radius 3 is 2.80 bits per heavy atom. The zero-order valence-corrected chi connectivity index (χ0v) is 10.2. The highest BCUT2D eigenvalue weighted by Gasteiger charge is 2.51. The van der Waals surface area contributed by atoms with E-state index in [0.29, 0.717) is 5.41 Å². The van der Waals surface area contributed by atoms with E-state index in [4.69, 9.17) is 0 Å². The molecule has 2 heteroatoms. The predicted molar refractivity (Wildman–Crippen MR) is 62.8 cm³/mol. The first-order valence-corrected chi connectivity index (χ1v) is 5.95. The van der Waals surface area contributed by atoms with E-state index in [1.165, 1.54) is 5.57 Å². The number of fused-ring (bicyclic) bond motifs is 1. The second-order valence-corrected chi connectivity index (χ2v) is 6.43. The van der Waals surface area contributed by atoms with Gasteiger partial charge in [0.05, 0.1) is 6.10 Å². The number of hydrogen-bond acceptors (Lipinski definition) is 2. The fourth-order valence-electron chi connectivity index (χ4n) is 3.37. The minimum absolute atomic E-state index is 0.109. The zero-order valence-electron chi connectivity index (χ0n) is 10.2. The maximum absolute atomic E-state index is 9.83. The van der Waals surface area contributed by atoms with Crippen LogP contribution in [0.25, 0.3) is 0 Å². The largest absolute Gasteiger partial charge is 0.392 e. The van der Waals surface area contributed by atoms with Crippen LogP contribution in [0, 0.1) is 5.41 Å². The van der Waals surface area contributed by atoms with Gasteiger partial charge in [-0.25, -0.2) is 0 Å². The van der Waals surface area contributed by atoms with E-state index in [-0.39, 0.29) is 11.6 Å². The lowest BCUT2D eigenvalue weighted by atomic mass is 9.75. The first-order chi connectivity index (χ1) is 6.83. The van der Waals surface area contributed by atoms with E-state index in [2.05, 4.69) is 32.3 Å². The summed E-state index contributed by atoms with van der Waals surface area (Å²) in [4.78, 5) is 2.45. The van der Waals surface area contributed by atoms with Crippen LogP contribution in [-0.4, -0.2) is 34.7 Å². The molecule has 0 bridgehead atoms. The van der Waals surface area contributed by atoms with Gasteiger partial charge in [-0.2, -0.15) is 0 Å². The molecule has 2 aliphatic heterocycles. The lowest BCUT2D eigenvalue weighted by molar-refractivity contribution is 0.155. The van der Waals surface area contributed by atoms with Crippen LogP contribution in [0.15, 0.2) is 12.2 Å². The second kappa shape index (κ2) is 3.33.